The zero-order chi connectivity index (χ0) is 21.1. The Hall–Kier alpha value is -2.46. The third-order valence-corrected chi connectivity index (χ3v) is 6.51. The lowest BCUT2D eigenvalue weighted by Gasteiger charge is -2.31. The third kappa shape index (κ3) is 4.50. The number of piperidine rings is 1. The first-order chi connectivity index (χ1) is 13.1. The van der Waals surface area contributed by atoms with E-state index in [-0.39, 0.29) is 40.9 Å². The quantitative estimate of drug-likeness (QED) is 0.656. The van der Waals surface area contributed by atoms with Crippen LogP contribution in [0.1, 0.15) is 33.6 Å². The summed E-state index contributed by atoms with van der Waals surface area (Å²) in [6.45, 7) is 0.338. The molecule has 0 N–H and O–H groups in total. The monoisotopic (exact) mass is 412 g/mol. The molecule has 0 spiro atoms. The van der Waals surface area contributed by atoms with Gasteiger partial charge >= 0.3 is 11.9 Å². The van der Waals surface area contributed by atoms with Crippen molar-refractivity contribution in [2.45, 2.75) is 17.7 Å². The first kappa shape index (κ1) is 21.8. The summed E-state index contributed by atoms with van der Waals surface area (Å²) >= 11 is 0. The molecule has 0 aliphatic carbocycles. The summed E-state index contributed by atoms with van der Waals surface area (Å²) in [4.78, 5) is 37.2. The molecule has 1 aliphatic heterocycles. The molecule has 154 valence electrons. The fourth-order valence-corrected chi connectivity index (χ4v) is 4.62. The Balaban J connectivity index is 2.34. The number of esters is 2. The van der Waals surface area contributed by atoms with E-state index in [2.05, 4.69) is 9.47 Å². The number of amides is 1. The summed E-state index contributed by atoms with van der Waals surface area (Å²) in [5, 5.41) is 0. The predicted molar refractivity (Wildman–Crippen MR) is 99.3 cm³/mol. The van der Waals surface area contributed by atoms with Gasteiger partial charge in [-0.3, -0.25) is 4.79 Å². The van der Waals surface area contributed by atoms with Crippen LogP contribution in [-0.2, 0) is 24.3 Å². The van der Waals surface area contributed by atoms with E-state index >= 15 is 0 Å². The molecular formula is C18H24N2O7S. The highest BCUT2D eigenvalue weighted by Gasteiger charge is 2.33. The molecule has 0 radical (unpaired) electrons. The summed E-state index contributed by atoms with van der Waals surface area (Å²) in [6.07, 6.45) is 0.799. The number of sulfonamides is 1. The summed E-state index contributed by atoms with van der Waals surface area (Å²) in [6, 6.07) is 3.56. The van der Waals surface area contributed by atoms with Crippen LogP contribution in [0.5, 0.6) is 0 Å². The minimum Gasteiger partial charge on any atom is -0.465 e. The maximum Gasteiger partial charge on any atom is 0.337 e. The van der Waals surface area contributed by atoms with Crippen molar-refractivity contribution < 1.29 is 32.3 Å². The second kappa shape index (κ2) is 8.70. The normalized spacial score (nSPS) is 15.7. The van der Waals surface area contributed by atoms with Crippen molar-refractivity contribution in [2.24, 2.45) is 5.92 Å². The minimum absolute atomic E-state index is 0.0299. The number of hydrogen-bond acceptors (Lipinski definition) is 7. The van der Waals surface area contributed by atoms with Gasteiger partial charge in [0.25, 0.3) is 0 Å². The fourth-order valence-electron chi connectivity index (χ4n) is 3.08. The molecule has 0 atom stereocenters. The number of methoxy groups -OCH3 is 2. The number of rotatable bonds is 5. The van der Waals surface area contributed by atoms with Crippen LogP contribution >= 0.6 is 0 Å². The molecule has 1 aliphatic rings. The van der Waals surface area contributed by atoms with E-state index in [1.165, 1.54) is 27.4 Å². The third-order valence-electron chi connectivity index (χ3n) is 4.63. The van der Waals surface area contributed by atoms with Gasteiger partial charge in [-0.2, -0.15) is 4.31 Å². The second-order valence-electron chi connectivity index (χ2n) is 6.64. The number of benzene rings is 1. The largest absolute Gasteiger partial charge is 0.465 e. The van der Waals surface area contributed by atoms with Crippen LogP contribution in [0.15, 0.2) is 23.1 Å². The van der Waals surface area contributed by atoms with Crippen molar-refractivity contribution >= 4 is 27.9 Å². The summed E-state index contributed by atoms with van der Waals surface area (Å²) in [7, 11) is 1.68. The predicted octanol–water partition coefficient (Wildman–Crippen LogP) is 0.749. The Morgan fingerprint density at radius 2 is 1.43 bits per heavy atom. The number of carbonyl (C=O) groups excluding carboxylic acids is 3. The van der Waals surface area contributed by atoms with E-state index in [4.69, 9.17) is 0 Å². The Labute approximate surface area is 164 Å². The lowest BCUT2D eigenvalue weighted by atomic mass is 9.97. The van der Waals surface area contributed by atoms with Crippen molar-refractivity contribution in [1.29, 1.82) is 0 Å². The number of carbonyl (C=O) groups is 3. The van der Waals surface area contributed by atoms with Gasteiger partial charge in [0.1, 0.15) is 0 Å². The molecule has 0 saturated carbocycles. The Morgan fingerprint density at radius 3 is 1.82 bits per heavy atom. The number of nitrogens with zero attached hydrogens (tertiary/aromatic N) is 2. The van der Waals surface area contributed by atoms with Gasteiger partial charge in [0, 0.05) is 33.1 Å². The van der Waals surface area contributed by atoms with Crippen molar-refractivity contribution in [3.05, 3.63) is 29.3 Å². The molecule has 1 fully saturated rings. The van der Waals surface area contributed by atoms with Crippen LogP contribution < -0.4 is 0 Å². The number of hydrogen-bond donors (Lipinski definition) is 0. The minimum atomic E-state index is -3.97. The zero-order valence-corrected chi connectivity index (χ0v) is 17.1. The van der Waals surface area contributed by atoms with Gasteiger partial charge in [0.05, 0.1) is 30.2 Å². The lowest BCUT2D eigenvalue weighted by molar-refractivity contribution is -0.134. The Morgan fingerprint density at radius 1 is 0.964 bits per heavy atom. The van der Waals surface area contributed by atoms with E-state index in [0.717, 1.165) is 14.2 Å². The zero-order valence-electron chi connectivity index (χ0n) is 16.3. The van der Waals surface area contributed by atoms with Crippen molar-refractivity contribution in [1.82, 2.24) is 9.21 Å². The summed E-state index contributed by atoms with van der Waals surface area (Å²) in [5.74, 6) is -1.79. The maximum absolute atomic E-state index is 13.1. The van der Waals surface area contributed by atoms with Gasteiger partial charge in [0.15, 0.2) is 0 Å². The molecule has 1 aromatic carbocycles. The fraction of sp³-hybridized carbons (Fsp3) is 0.500. The van der Waals surface area contributed by atoms with E-state index in [0.29, 0.717) is 12.8 Å². The molecule has 28 heavy (non-hydrogen) atoms. The van der Waals surface area contributed by atoms with E-state index in [9.17, 15) is 22.8 Å². The van der Waals surface area contributed by atoms with E-state index in [1.54, 1.807) is 14.1 Å². The van der Waals surface area contributed by atoms with Crippen LogP contribution in [0.4, 0.5) is 0 Å². The molecule has 1 saturated heterocycles. The van der Waals surface area contributed by atoms with Crippen molar-refractivity contribution in [3.63, 3.8) is 0 Å². The van der Waals surface area contributed by atoms with Gasteiger partial charge < -0.3 is 14.4 Å². The maximum atomic E-state index is 13.1. The smallest absolute Gasteiger partial charge is 0.337 e. The SMILES string of the molecule is COC(=O)c1cc(C(=O)OC)cc(S(=O)(=O)N2CCC(C(=O)N(C)C)CC2)c1. The van der Waals surface area contributed by atoms with Crippen LogP contribution in [0.2, 0.25) is 0 Å². The molecule has 0 bridgehead atoms. The van der Waals surface area contributed by atoms with Crippen LogP contribution in [0.25, 0.3) is 0 Å². The highest BCUT2D eigenvalue weighted by Crippen LogP contribution is 2.26. The van der Waals surface area contributed by atoms with Gasteiger partial charge in [-0.25, -0.2) is 18.0 Å². The van der Waals surface area contributed by atoms with Gasteiger partial charge in [-0.05, 0) is 31.0 Å². The first-order valence-corrected chi connectivity index (χ1v) is 10.1. The molecule has 1 heterocycles. The van der Waals surface area contributed by atoms with E-state index in [1.807, 2.05) is 0 Å². The van der Waals surface area contributed by atoms with E-state index < -0.39 is 22.0 Å². The van der Waals surface area contributed by atoms with Gasteiger partial charge in [-0.1, -0.05) is 0 Å². The van der Waals surface area contributed by atoms with Crippen LogP contribution in [0, 0.1) is 5.92 Å². The highest BCUT2D eigenvalue weighted by atomic mass is 32.2. The topological polar surface area (TPSA) is 110 Å². The second-order valence-corrected chi connectivity index (χ2v) is 8.58. The molecule has 1 amide bonds. The van der Waals surface area contributed by atoms with Crippen LogP contribution in [-0.4, -0.2) is 76.9 Å². The molecule has 9 nitrogen and oxygen atoms in total. The Bertz CT molecular complexity index is 838. The number of ether oxygens (including phenoxy) is 2. The van der Waals surface area contributed by atoms with Gasteiger partial charge in [-0.15, -0.1) is 0 Å². The summed E-state index contributed by atoms with van der Waals surface area (Å²) in [5.41, 5.74) is -0.136. The molecule has 2 rings (SSSR count). The van der Waals surface area contributed by atoms with Crippen molar-refractivity contribution in [2.75, 3.05) is 41.4 Å². The van der Waals surface area contributed by atoms with Crippen LogP contribution in [0.3, 0.4) is 0 Å². The molecule has 1 aromatic rings. The average Bonchev–Trinajstić information content (AvgIpc) is 2.71. The lowest BCUT2D eigenvalue weighted by Crippen LogP contribution is -2.42. The Kier molecular flexibility index (Phi) is 6.78. The highest BCUT2D eigenvalue weighted by molar-refractivity contribution is 7.89. The molecule has 0 unspecified atom stereocenters. The van der Waals surface area contributed by atoms with Gasteiger partial charge in [0.2, 0.25) is 15.9 Å². The summed E-state index contributed by atoms with van der Waals surface area (Å²) < 4.78 is 36.6. The molecule has 0 aromatic heterocycles. The standard InChI is InChI=1S/C18H24N2O7S/c1-19(2)16(21)12-5-7-20(8-6-12)28(24,25)15-10-13(17(22)26-3)9-14(11-15)18(23)27-4/h9-12H,5-8H2,1-4H3. The molecule has 10 heteroatoms. The van der Waals surface area contributed by atoms with Crippen molar-refractivity contribution in [3.8, 4) is 0 Å². The molecular weight excluding hydrogens is 388 g/mol. The average molecular weight is 412 g/mol. The first-order valence-electron chi connectivity index (χ1n) is 8.64.